The van der Waals surface area contributed by atoms with Gasteiger partial charge in [-0.1, -0.05) is 19.9 Å². The SMILES string of the molecule is CCN(CC)Cc1ccc(OC[C@@H](O)CN2CCSCC2)c(OC)c1. The highest BCUT2D eigenvalue weighted by Gasteiger charge is 2.16. The molecule has 1 aromatic rings. The van der Waals surface area contributed by atoms with Crippen LogP contribution in [0.25, 0.3) is 0 Å². The first-order valence-corrected chi connectivity index (χ1v) is 10.3. The van der Waals surface area contributed by atoms with Crippen molar-refractivity contribution < 1.29 is 14.6 Å². The van der Waals surface area contributed by atoms with E-state index in [1.165, 1.54) is 5.56 Å². The lowest BCUT2D eigenvalue weighted by Gasteiger charge is -2.28. The zero-order chi connectivity index (χ0) is 18.1. The van der Waals surface area contributed by atoms with Crippen molar-refractivity contribution in [2.24, 2.45) is 0 Å². The Kier molecular flexibility index (Phi) is 8.89. The van der Waals surface area contributed by atoms with E-state index in [-0.39, 0.29) is 6.61 Å². The Morgan fingerprint density at radius 1 is 1.20 bits per heavy atom. The van der Waals surface area contributed by atoms with Gasteiger partial charge < -0.3 is 14.6 Å². The van der Waals surface area contributed by atoms with Crippen LogP contribution in [-0.4, -0.2) is 79.0 Å². The molecule has 1 saturated heterocycles. The predicted octanol–water partition coefficient (Wildman–Crippen LogP) is 2.33. The summed E-state index contributed by atoms with van der Waals surface area (Å²) in [7, 11) is 1.66. The highest BCUT2D eigenvalue weighted by atomic mass is 32.2. The van der Waals surface area contributed by atoms with Crippen LogP contribution in [0, 0.1) is 0 Å². The molecular weight excluding hydrogens is 336 g/mol. The summed E-state index contributed by atoms with van der Waals surface area (Å²) in [5, 5.41) is 10.2. The second-order valence-corrected chi connectivity index (χ2v) is 7.55. The van der Waals surface area contributed by atoms with E-state index in [2.05, 4.69) is 29.7 Å². The zero-order valence-electron chi connectivity index (χ0n) is 15.7. The van der Waals surface area contributed by atoms with Gasteiger partial charge in [0.15, 0.2) is 11.5 Å². The smallest absolute Gasteiger partial charge is 0.161 e. The van der Waals surface area contributed by atoms with Gasteiger partial charge in [-0.05, 0) is 30.8 Å². The Morgan fingerprint density at radius 2 is 1.92 bits per heavy atom. The van der Waals surface area contributed by atoms with Crippen molar-refractivity contribution in [2.45, 2.75) is 26.5 Å². The second-order valence-electron chi connectivity index (χ2n) is 6.32. The van der Waals surface area contributed by atoms with Gasteiger partial charge in [0.2, 0.25) is 0 Å². The van der Waals surface area contributed by atoms with Gasteiger partial charge in [-0.3, -0.25) is 9.80 Å². The van der Waals surface area contributed by atoms with Crippen LogP contribution < -0.4 is 9.47 Å². The molecule has 0 aliphatic carbocycles. The van der Waals surface area contributed by atoms with E-state index in [0.717, 1.165) is 50.0 Å². The van der Waals surface area contributed by atoms with Gasteiger partial charge in [0, 0.05) is 37.7 Å². The third-order valence-corrected chi connectivity index (χ3v) is 5.48. The van der Waals surface area contributed by atoms with E-state index >= 15 is 0 Å². The van der Waals surface area contributed by atoms with Gasteiger partial charge in [-0.2, -0.15) is 11.8 Å². The monoisotopic (exact) mass is 368 g/mol. The van der Waals surface area contributed by atoms with Gasteiger partial charge in [0.25, 0.3) is 0 Å². The first-order chi connectivity index (χ1) is 12.2. The number of β-amino-alcohol motifs (C(OH)–C–C–N with tert-alkyl or cyclic N) is 1. The maximum Gasteiger partial charge on any atom is 0.161 e. The van der Waals surface area contributed by atoms with Crippen molar-refractivity contribution in [2.75, 3.05) is 57.9 Å². The van der Waals surface area contributed by atoms with Gasteiger partial charge in [-0.15, -0.1) is 0 Å². The molecule has 1 aliphatic rings. The summed E-state index contributed by atoms with van der Waals surface area (Å²) in [6.07, 6.45) is -0.483. The van der Waals surface area contributed by atoms with Crippen molar-refractivity contribution in [1.29, 1.82) is 0 Å². The lowest BCUT2D eigenvalue weighted by Crippen LogP contribution is -2.40. The van der Waals surface area contributed by atoms with Crippen LogP contribution in [0.2, 0.25) is 0 Å². The standard InChI is InChI=1S/C19H32N2O3S/c1-4-20(5-2)13-16-6-7-18(19(12-16)23-3)24-15-17(22)14-21-8-10-25-11-9-21/h6-7,12,17,22H,4-5,8-11,13-15H2,1-3H3/t17-/m0/s1. The number of rotatable bonds is 10. The Labute approximate surface area is 156 Å². The molecule has 0 aromatic heterocycles. The number of nitrogens with zero attached hydrogens (tertiary/aromatic N) is 2. The maximum atomic E-state index is 10.2. The van der Waals surface area contributed by atoms with E-state index in [9.17, 15) is 5.11 Å². The van der Waals surface area contributed by atoms with E-state index < -0.39 is 6.10 Å². The summed E-state index contributed by atoms with van der Waals surface area (Å²) < 4.78 is 11.3. The number of aliphatic hydroxyl groups is 1. The molecule has 1 heterocycles. The van der Waals surface area contributed by atoms with Crippen LogP contribution >= 0.6 is 11.8 Å². The molecule has 1 aromatic carbocycles. The largest absolute Gasteiger partial charge is 0.493 e. The minimum absolute atomic E-state index is 0.287. The van der Waals surface area contributed by atoms with Gasteiger partial charge in [0.05, 0.1) is 7.11 Å². The third-order valence-electron chi connectivity index (χ3n) is 4.53. The fourth-order valence-corrected chi connectivity index (χ4v) is 3.93. The molecule has 6 heteroatoms. The van der Waals surface area contributed by atoms with Crippen LogP contribution in [0.5, 0.6) is 11.5 Å². The van der Waals surface area contributed by atoms with Crippen LogP contribution in [-0.2, 0) is 6.54 Å². The lowest BCUT2D eigenvalue weighted by molar-refractivity contribution is 0.0704. The lowest BCUT2D eigenvalue weighted by atomic mass is 10.2. The predicted molar refractivity (Wildman–Crippen MR) is 105 cm³/mol. The molecule has 1 atom stereocenters. The van der Waals surface area contributed by atoms with Gasteiger partial charge >= 0.3 is 0 Å². The number of methoxy groups -OCH3 is 1. The molecule has 25 heavy (non-hydrogen) atoms. The first-order valence-electron chi connectivity index (χ1n) is 9.16. The van der Waals surface area contributed by atoms with E-state index in [1.54, 1.807) is 7.11 Å². The minimum Gasteiger partial charge on any atom is -0.493 e. The second kappa shape index (κ2) is 10.9. The highest BCUT2D eigenvalue weighted by molar-refractivity contribution is 7.99. The Balaban J connectivity index is 1.87. The fraction of sp³-hybridized carbons (Fsp3) is 0.684. The topological polar surface area (TPSA) is 45.2 Å². The number of ether oxygens (including phenoxy) is 2. The number of thioether (sulfide) groups is 1. The van der Waals surface area contributed by atoms with Crippen molar-refractivity contribution in [3.63, 3.8) is 0 Å². The van der Waals surface area contributed by atoms with Crippen LogP contribution in [0.3, 0.4) is 0 Å². The summed E-state index contributed by atoms with van der Waals surface area (Å²) in [4.78, 5) is 4.66. The Bertz CT molecular complexity index is 505. The van der Waals surface area contributed by atoms with Gasteiger partial charge in [-0.25, -0.2) is 0 Å². The molecule has 1 fully saturated rings. The molecule has 2 rings (SSSR count). The summed E-state index contributed by atoms with van der Waals surface area (Å²) in [6.45, 7) is 10.3. The molecule has 0 radical (unpaired) electrons. The summed E-state index contributed by atoms with van der Waals surface area (Å²) in [6, 6.07) is 6.05. The molecule has 0 amide bonds. The Hall–Kier alpha value is -0.950. The molecule has 1 N–H and O–H groups in total. The third kappa shape index (κ3) is 6.70. The van der Waals surface area contributed by atoms with Crippen LogP contribution in [0.1, 0.15) is 19.4 Å². The van der Waals surface area contributed by atoms with E-state index in [0.29, 0.717) is 12.3 Å². The molecule has 0 spiro atoms. The minimum atomic E-state index is -0.483. The highest BCUT2D eigenvalue weighted by Crippen LogP contribution is 2.28. The molecule has 142 valence electrons. The molecule has 0 bridgehead atoms. The average molecular weight is 369 g/mol. The number of hydrogen-bond acceptors (Lipinski definition) is 6. The molecule has 0 saturated carbocycles. The molecule has 5 nitrogen and oxygen atoms in total. The number of hydrogen-bond donors (Lipinski definition) is 1. The number of benzene rings is 1. The van der Waals surface area contributed by atoms with Crippen molar-refractivity contribution >= 4 is 11.8 Å². The maximum absolute atomic E-state index is 10.2. The zero-order valence-corrected chi connectivity index (χ0v) is 16.6. The molecular formula is C19H32N2O3S. The quantitative estimate of drug-likeness (QED) is 0.684. The molecule has 0 unspecified atom stereocenters. The summed E-state index contributed by atoms with van der Waals surface area (Å²) in [5.74, 6) is 3.72. The first kappa shape index (κ1) is 20.4. The van der Waals surface area contributed by atoms with Crippen molar-refractivity contribution in [3.05, 3.63) is 23.8 Å². The summed E-state index contributed by atoms with van der Waals surface area (Å²) in [5.41, 5.74) is 1.21. The fourth-order valence-electron chi connectivity index (χ4n) is 2.96. The number of aliphatic hydroxyl groups excluding tert-OH is 1. The van der Waals surface area contributed by atoms with Gasteiger partial charge in [0.1, 0.15) is 12.7 Å². The van der Waals surface area contributed by atoms with E-state index in [4.69, 9.17) is 9.47 Å². The normalized spacial score (nSPS) is 16.8. The van der Waals surface area contributed by atoms with Crippen molar-refractivity contribution in [1.82, 2.24) is 9.80 Å². The molecule has 1 aliphatic heterocycles. The average Bonchev–Trinajstić information content (AvgIpc) is 2.65. The Morgan fingerprint density at radius 3 is 2.56 bits per heavy atom. The van der Waals surface area contributed by atoms with Crippen molar-refractivity contribution in [3.8, 4) is 11.5 Å². The van der Waals surface area contributed by atoms with Crippen LogP contribution in [0.4, 0.5) is 0 Å². The summed E-state index contributed by atoms with van der Waals surface area (Å²) >= 11 is 1.97. The van der Waals surface area contributed by atoms with E-state index in [1.807, 2.05) is 23.9 Å². The van der Waals surface area contributed by atoms with Crippen LogP contribution in [0.15, 0.2) is 18.2 Å².